The third-order valence-electron chi connectivity index (χ3n) is 5.45. The van der Waals surface area contributed by atoms with Crippen molar-refractivity contribution in [2.45, 2.75) is 51.0 Å². The SMILES string of the molecule is O=C(c1cc2c(s1)CCC2)N1CCC(C2CCCN2)CC1. The van der Waals surface area contributed by atoms with E-state index >= 15 is 0 Å². The van der Waals surface area contributed by atoms with Gasteiger partial charge in [-0.25, -0.2) is 0 Å². The van der Waals surface area contributed by atoms with Crippen molar-refractivity contribution in [1.29, 1.82) is 0 Å². The summed E-state index contributed by atoms with van der Waals surface area (Å²) in [5.41, 5.74) is 1.44. The average Bonchev–Trinajstić information content (AvgIpc) is 3.23. The van der Waals surface area contributed by atoms with Gasteiger partial charge >= 0.3 is 0 Å². The Morgan fingerprint density at radius 2 is 2.05 bits per heavy atom. The Balaban J connectivity index is 1.37. The fourth-order valence-corrected chi connectivity index (χ4v) is 5.43. The van der Waals surface area contributed by atoms with Crippen LogP contribution in [0.4, 0.5) is 0 Å². The van der Waals surface area contributed by atoms with Crippen molar-refractivity contribution in [3.63, 3.8) is 0 Å². The largest absolute Gasteiger partial charge is 0.338 e. The van der Waals surface area contributed by atoms with Gasteiger partial charge in [0.25, 0.3) is 5.91 Å². The summed E-state index contributed by atoms with van der Waals surface area (Å²) in [6, 6.07) is 2.88. The number of rotatable bonds is 2. The Bertz CT molecular complexity index is 503. The molecule has 2 fully saturated rings. The second-order valence-electron chi connectivity index (χ2n) is 6.75. The first-order valence-electron chi connectivity index (χ1n) is 8.45. The van der Waals surface area contributed by atoms with Crippen LogP contribution >= 0.6 is 11.3 Å². The number of carbonyl (C=O) groups is 1. The lowest BCUT2D eigenvalue weighted by molar-refractivity contribution is 0.0679. The first kappa shape index (κ1) is 13.8. The summed E-state index contributed by atoms with van der Waals surface area (Å²) in [4.78, 5) is 17.2. The van der Waals surface area contributed by atoms with E-state index in [2.05, 4.69) is 16.3 Å². The number of hydrogen-bond acceptors (Lipinski definition) is 3. The van der Waals surface area contributed by atoms with Crippen molar-refractivity contribution in [2.24, 2.45) is 5.92 Å². The van der Waals surface area contributed by atoms with E-state index in [9.17, 15) is 4.79 Å². The molecule has 0 spiro atoms. The highest BCUT2D eigenvalue weighted by atomic mass is 32.1. The molecule has 1 N–H and O–H groups in total. The lowest BCUT2D eigenvalue weighted by atomic mass is 9.88. The van der Waals surface area contributed by atoms with Crippen LogP contribution in [-0.2, 0) is 12.8 Å². The molecule has 0 aromatic carbocycles. The van der Waals surface area contributed by atoms with Gasteiger partial charge in [0.1, 0.15) is 0 Å². The molecule has 4 rings (SSSR count). The maximum absolute atomic E-state index is 12.7. The molecule has 0 radical (unpaired) electrons. The van der Waals surface area contributed by atoms with Gasteiger partial charge in [0, 0.05) is 24.0 Å². The summed E-state index contributed by atoms with van der Waals surface area (Å²) < 4.78 is 0. The zero-order valence-electron chi connectivity index (χ0n) is 12.6. The van der Waals surface area contributed by atoms with Gasteiger partial charge in [0.2, 0.25) is 0 Å². The monoisotopic (exact) mass is 304 g/mol. The van der Waals surface area contributed by atoms with Crippen LogP contribution in [0, 0.1) is 5.92 Å². The Morgan fingerprint density at radius 3 is 2.76 bits per heavy atom. The second-order valence-corrected chi connectivity index (χ2v) is 7.88. The molecule has 2 aliphatic heterocycles. The van der Waals surface area contributed by atoms with E-state index in [1.807, 2.05) is 0 Å². The molecular formula is C17H24N2OS. The number of likely N-dealkylation sites (tertiary alicyclic amines) is 1. The van der Waals surface area contributed by atoms with Crippen LogP contribution in [0.3, 0.4) is 0 Å². The number of carbonyl (C=O) groups excluding carboxylic acids is 1. The minimum atomic E-state index is 0.284. The summed E-state index contributed by atoms with van der Waals surface area (Å²) in [5, 5.41) is 3.63. The smallest absolute Gasteiger partial charge is 0.263 e. The summed E-state index contributed by atoms with van der Waals surface area (Å²) in [7, 11) is 0. The third kappa shape index (κ3) is 2.64. The van der Waals surface area contributed by atoms with Crippen LogP contribution in [0.2, 0.25) is 0 Å². The van der Waals surface area contributed by atoms with E-state index < -0.39 is 0 Å². The molecule has 4 heteroatoms. The van der Waals surface area contributed by atoms with Gasteiger partial charge in [-0.1, -0.05) is 0 Å². The van der Waals surface area contributed by atoms with Crippen molar-refractivity contribution in [1.82, 2.24) is 10.2 Å². The molecular weight excluding hydrogens is 280 g/mol. The van der Waals surface area contributed by atoms with Gasteiger partial charge in [0.15, 0.2) is 0 Å². The number of piperidine rings is 1. The fraction of sp³-hybridized carbons (Fsp3) is 0.706. The second kappa shape index (κ2) is 5.73. The Hall–Kier alpha value is -0.870. The molecule has 21 heavy (non-hydrogen) atoms. The van der Waals surface area contributed by atoms with Crippen LogP contribution in [0.15, 0.2) is 6.07 Å². The molecule has 1 atom stereocenters. The number of thiophene rings is 1. The normalized spacial score (nSPS) is 26.3. The van der Waals surface area contributed by atoms with E-state index in [1.165, 1.54) is 61.9 Å². The van der Waals surface area contributed by atoms with E-state index in [0.29, 0.717) is 6.04 Å². The molecule has 1 aromatic rings. The highest BCUT2D eigenvalue weighted by Gasteiger charge is 2.31. The summed E-state index contributed by atoms with van der Waals surface area (Å²) >= 11 is 1.75. The lowest BCUT2D eigenvalue weighted by Gasteiger charge is -2.34. The van der Waals surface area contributed by atoms with Crippen LogP contribution in [0.1, 0.15) is 52.2 Å². The Kier molecular flexibility index (Phi) is 3.76. The molecule has 0 bridgehead atoms. The van der Waals surface area contributed by atoms with Gasteiger partial charge in [-0.15, -0.1) is 11.3 Å². The zero-order valence-corrected chi connectivity index (χ0v) is 13.4. The van der Waals surface area contributed by atoms with Crippen LogP contribution in [0.5, 0.6) is 0 Å². The molecule has 3 heterocycles. The van der Waals surface area contributed by atoms with E-state index in [4.69, 9.17) is 0 Å². The number of aryl methyl sites for hydroxylation is 2. The Labute approximate surface area is 130 Å². The highest BCUT2D eigenvalue weighted by Crippen LogP contribution is 2.32. The van der Waals surface area contributed by atoms with Crippen molar-refractivity contribution < 1.29 is 4.79 Å². The molecule has 1 amide bonds. The van der Waals surface area contributed by atoms with Gasteiger partial charge in [0.05, 0.1) is 4.88 Å². The average molecular weight is 304 g/mol. The molecule has 2 saturated heterocycles. The number of fused-ring (bicyclic) bond motifs is 1. The first-order chi connectivity index (χ1) is 10.3. The van der Waals surface area contributed by atoms with Gasteiger partial charge < -0.3 is 10.2 Å². The molecule has 1 aliphatic carbocycles. The number of amides is 1. The topological polar surface area (TPSA) is 32.3 Å². The first-order valence-corrected chi connectivity index (χ1v) is 9.27. The van der Waals surface area contributed by atoms with E-state index in [0.717, 1.165) is 23.9 Å². The summed E-state index contributed by atoms with van der Waals surface area (Å²) in [6.45, 7) is 3.08. The molecule has 1 aromatic heterocycles. The predicted molar refractivity (Wildman–Crippen MR) is 86.0 cm³/mol. The molecule has 3 aliphatic rings. The van der Waals surface area contributed by atoms with E-state index in [-0.39, 0.29) is 5.91 Å². The quantitative estimate of drug-likeness (QED) is 0.911. The van der Waals surface area contributed by atoms with Gasteiger partial charge in [-0.3, -0.25) is 4.79 Å². The van der Waals surface area contributed by atoms with Crippen molar-refractivity contribution in [3.05, 3.63) is 21.4 Å². The lowest BCUT2D eigenvalue weighted by Crippen LogP contribution is -2.43. The number of nitrogens with one attached hydrogen (secondary N) is 1. The molecule has 3 nitrogen and oxygen atoms in total. The van der Waals surface area contributed by atoms with Crippen LogP contribution < -0.4 is 5.32 Å². The molecule has 114 valence electrons. The minimum Gasteiger partial charge on any atom is -0.338 e. The summed E-state index contributed by atoms with van der Waals surface area (Å²) in [6.07, 6.45) is 8.64. The molecule has 0 saturated carbocycles. The third-order valence-corrected chi connectivity index (χ3v) is 6.68. The summed E-state index contributed by atoms with van der Waals surface area (Å²) in [5.74, 6) is 1.07. The van der Waals surface area contributed by atoms with Gasteiger partial charge in [-0.05, 0) is 69.0 Å². The van der Waals surface area contributed by atoms with Crippen molar-refractivity contribution >= 4 is 17.2 Å². The Morgan fingerprint density at radius 1 is 1.19 bits per heavy atom. The van der Waals surface area contributed by atoms with E-state index in [1.54, 1.807) is 11.3 Å². The maximum Gasteiger partial charge on any atom is 0.263 e. The zero-order chi connectivity index (χ0) is 14.2. The van der Waals surface area contributed by atoms with Crippen molar-refractivity contribution in [3.8, 4) is 0 Å². The minimum absolute atomic E-state index is 0.284. The number of hydrogen-bond donors (Lipinski definition) is 1. The standard InChI is InChI=1S/C17H24N2OS/c20-17(16-11-13-3-1-5-15(13)21-16)19-9-6-12(7-10-19)14-4-2-8-18-14/h11-12,14,18H,1-10H2. The van der Waals surface area contributed by atoms with Gasteiger partial charge in [-0.2, -0.15) is 0 Å². The molecule has 1 unspecified atom stereocenters. The maximum atomic E-state index is 12.7. The highest BCUT2D eigenvalue weighted by molar-refractivity contribution is 7.14. The fourth-order valence-electron chi connectivity index (χ4n) is 4.21. The van der Waals surface area contributed by atoms with Crippen molar-refractivity contribution in [2.75, 3.05) is 19.6 Å². The number of nitrogens with zero attached hydrogens (tertiary/aromatic N) is 1. The predicted octanol–water partition coefficient (Wildman–Crippen LogP) is 2.84. The van der Waals surface area contributed by atoms with Crippen LogP contribution in [0.25, 0.3) is 0 Å². The van der Waals surface area contributed by atoms with Crippen LogP contribution in [-0.4, -0.2) is 36.5 Å².